The van der Waals surface area contributed by atoms with Gasteiger partial charge in [0.2, 0.25) is 0 Å². The quantitative estimate of drug-likeness (QED) is 0.618. The molecular formula is C13H21N5O2. The number of nitrogens with one attached hydrogen (secondary N) is 1. The zero-order valence-electron chi connectivity index (χ0n) is 11.7. The molecule has 7 nitrogen and oxygen atoms in total. The predicted molar refractivity (Wildman–Crippen MR) is 75.3 cm³/mol. The molecule has 2 heterocycles. The van der Waals surface area contributed by atoms with E-state index in [-0.39, 0.29) is 0 Å². The SMILES string of the molecule is COCc1nc(NN)cc(N2CCOC3CCCC32)n1. The summed E-state index contributed by atoms with van der Waals surface area (Å²) in [6, 6.07) is 2.31. The maximum Gasteiger partial charge on any atom is 0.158 e. The monoisotopic (exact) mass is 279 g/mol. The van der Waals surface area contributed by atoms with E-state index in [1.165, 1.54) is 6.42 Å². The van der Waals surface area contributed by atoms with Gasteiger partial charge < -0.3 is 19.8 Å². The molecule has 3 N–H and O–H groups in total. The number of anilines is 2. The number of methoxy groups -OCH3 is 1. The lowest BCUT2D eigenvalue weighted by Gasteiger charge is -2.38. The van der Waals surface area contributed by atoms with Crippen molar-refractivity contribution in [2.45, 2.75) is 38.0 Å². The van der Waals surface area contributed by atoms with Gasteiger partial charge in [-0.2, -0.15) is 0 Å². The van der Waals surface area contributed by atoms with Gasteiger partial charge in [-0.1, -0.05) is 0 Å². The maximum absolute atomic E-state index is 5.84. The molecule has 1 aliphatic heterocycles. The van der Waals surface area contributed by atoms with E-state index in [1.54, 1.807) is 7.11 Å². The fraction of sp³-hybridized carbons (Fsp3) is 0.692. The largest absolute Gasteiger partial charge is 0.377 e. The van der Waals surface area contributed by atoms with Crippen molar-refractivity contribution in [2.24, 2.45) is 5.84 Å². The fourth-order valence-corrected chi connectivity index (χ4v) is 3.11. The Morgan fingerprint density at radius 2 is 2.40 bits per heavy atom. The second-order valence-corrected chi connectivity index (χ2v) is 5.21. The third-order valence-corrected chi connectivity index (χ3v) is 3.96. The van der Waals surface area contributed by atoms with E-state index in [1.807, 2.05) is 6.07 Å². The molecule has 1 saturated heterocycles. The smallest absolute Gasteiger partial charge is 0.158 e. The maximum atomic E-state index is 5.84. The number of fused-ring (bicyclic) bond motifs is 1. The Morgan fingerprint density at radius 1 is 1.50 bits per heavy atom. The number of hydrogen-bond donors (Lipinski definition) is 2. The molecule has 2 fully saturated rings. The number of nitrogens with zero attached hydrogens (tertiary/aromatic N) is 3. The van der Waals surface area contributed by atoms with Crippen LogP contribution >= 0.6 is 0 Å². The Bertz CT molecular complexity index is 470. The molecule has 2 unspecified atom stereocenters. The molecule has 0 radical (unpaired) electrons. The van der Waals surface area contributed by atoms with Gasteiger partial charge in [-0.15, -0.1) is 0 Å². The lowest BCUT2D eigenvalue weighted by molar-refractivity contribution is 0.0253. The van der Waals surface area contributed by atoms with Crippen molar-refractivity contribution < 1.29 is 9.47 Å². The summed E-state index contributed by atoms with van der Waals surface area (Å²) in [6.45, 7) is 1.98. The van der Waals surface area contributed by atoms with E-state index in [0.29, 0.717) is 30.4 Å². The summed E-state index contributed by atoms with van der Waals surface area (Å²) in [5.74, 6) is 7.65. The van der Waals surface area contributed by atoms with Crippen LogP contribution in [0.25, 0.3) is 0 Å². The second-order valence-electron chi connectivity index (χ2n) is 5.21. The molecule has 1 aromatic rings. The van der Waals surface area contributed by atoms with Crippen molar-refractivity contribution in [3.63, 3.8) is 0 Å². The van der Waals surface area contributed by atoms with Crippen molar-refractivity contribution in [1.29, 1.82) is 0 Å². The number of ether oxygens (including phenoxy) is 2. The molecule has 110 valence electrons. The van der Waals surface area contributed by atoms with Crippen LogP contribution in [-0.2, 0) is 16.1 Å². The Hall–Kier alpha value is -1.44. The van der Waals surface area contributed by atoms with Crippen LogP contribution in [0.5, 0.6) is 0 Å². The molecule has 1 aromatic heterocycles. The van der Waals surface area contributed by atoms with Gasteiger partial charge in [0.15, 0.2) is 5.82 Å². The van der Waals surface area contributed by atoms with Gasteiger partial charge in [0.25, 0.3) is 0 Å². The van der Waals surface area contributed by atoms with Gasteiger partial charge in [-0.3, -0.25) is 0 Å². The van der Waals surface area contributed by atoms with E-state index in [0.717, 1.165) is 31.8 Å². The molecule has 20 heavy (non-hydrogen) atoms. The molecule has 0 aromatic carbocycles. The first kappa shape index (κ1) is 13.5. The van der Waals surface area contributed by atoms with E-state index >= 15 is 0 Å². The summed E-state index contributed by atoms with van der Waals surface area (Å²) < 4.78 is 11.0. The number of aromatic nitrogens is 2. The molecule has 2 aliphatic rings. The first-order valence-electron chi connectivity index (χ1n) is 7.03. The minimum absolute atomic E-state index is 0.332. The number of rotatable bonds is 4. The third-order valence-electron chi connectivity index (χ3n) is 3.96. The van der Waals surface area contributed by atoms with Crippen LogP contribution in [0.2, 0.25) is 0 Å². The molecule has 0 bridgehead atoms. The highest BCUT2D eigenvalue weighted by atomic mass is 16.5. The Labute approximate surface area is 118 Å². The Kier molecular flexibility index (Phi) is 4.00. The van der Waals surface area contributed by atoms with Gasteiger partial charge in [-0.25, -0.2) is 15.8 Å². The van der Waals surface area contributed by atoms with Crippen molar-refractivity contribution in [2.75, 3.05) is 30.6 Å². The normalized spacial score (nSPS) is 25.6. The van der Waals surface area contributed by atoms with Crippen LogP contribution in [-0.4, -0.2) is 42.4 Å². The predicted octanol–water partition coefficient (Wildman–Crippen LogP) is 0.666. The van der Waals surface area contributed by atoms with Gasteiger partial charge in [0.1, 0.15) is 18.2 Å². The Morgan fingerprint density at radius 3 is 3.20 bits per heavy atom. The first-order chi connectivity index (χ1) is 9.81. The topological polar surface area (TPSA) is 85.5 Å². The minimum atomic E-state index is 0.332. The van der Waals surface area contributed by atoms with Crippen molar-refractivity contribution in [3.8, 4) is 0 Å². The van der Waals surface area contributed by atoms with Gasteiger partial charge in [-0.05, 0) is 19.3 Å². The molecule has 0 spiro atoms. The lowest BCUT2D eigenvalue weighted by atomic mass is 10.1. The van der Waals surface area contributed by atoms with Crippen LogP contribution in [0.1, 0.15) is 25.1 Å². The third kappa shape index (κ3) is 2.56. The van der Waals surface area contributed by atoms with Crippen molar-refractivity contribution in [3.05, 3.63) is 11.9 Å². The van der Waals surface area contributed by atoms with E-state index in [4.69, 9.17) is 15.3 Å². The van der Waals surface area contributed by atoms with Crippen molar-refractivity contribution >= 4 is 11.6 Å². The number of morpholine rings is 1. The summed E-state index contributed by atoms with van der Waals surface area (Å²) in [7, 11) is 1.63. The molecular weight excluding hydrogens is 258 g/mol. The van der Waals surface area contributed by atoms with Crippen LogP contribution in [0.15, 0.2) is 6.07 Å². The average molecular weight is 279 g/mol. The minimum Gasteiger partial charge on any atom is -0.377 e. The summed E-state index contributed by atoms with van der Waals surface area (Å²) in [4.78, 5) is 11.2. The van der Waals surface area contributed by atoms with Crippen LogP contribution in [0.3, 0.4) is 0 Å². The summed E-state index contributed by atoms with van der Waals surface area (Å²) in [5.41, 5.74) is 2.60. The average Bonchev–Trinajstić information content (AvgIpc) is 2.95. The standard InChI is InChI=1S/C13H21N5O2/c1-19-8-12-15-11(17-14)7-13(16-12)18-5-6-20-10-4-2-3-9(10)18/h7,9-10H,2-6,8,14H2,1H3,(H,15,16,17). The van der Waals surface area contributed by atoms with Crippen LogP contribution in [0, 0.1) is 0 Å². The van der Waals surface area contributed by atoms with Crippen LogP contribution in [0.4, 0.5) is 11.6 Å². The van der Waals surface area contributed by atoms with E-state index in [2.05, 4.69) is 20.3 Å². The highest BCUT2D eigenvalue weighted by Gasteiger charge is 2.36. The van der Waals surface area contributed by atoms with Crippen molar-refractivity contribution in [1.82, 2.24) is 9.97 Å². The first-order valence-corrected chi connectivity index (χ1v) is 7.03. The number of nitrogen functional groups attached to an aromatic ring is 1. The van der Waals surface area contributed by atoms with Gasteiger partial charge in [0.05, 0.1) is 18.8 Å². The number of nitrogens with two attached hydrogens (primary N) is 1. The molecule has 2 atom stereocenters. The van der Waals surface area contributed by atoms with Crippen LogP contribution < -0.4 is 16.2 Å². The molecule has 0 amide bonds. The Balaban J connectivity index is 1.89. The summed E-state index contributed by atoms with van der Waals surface area (Å²) in [6.07, 6.45) is 3.83. The molecule has 1 aliphatic carbocycles. The number of hydrazine groups is 1. The molecule has 7 heteroatoms. The van der Waals surface area contributed by atoms with Gasteiger partial charge >= 0.3 is 0 Å². The fourth-order valence-electron chi connectivity index (χ4n) is 3.11. The zero-order chi connectivity index (χ0) is 13.9. The number of hydrogen-bond acceptors (Lipinski definition) is 7. The second kappa shape index (κ2) is 5.90. The molecule has 3 rings (SSSR count). The lowest BCUT2D eigenvalue weighted by Crippen LogP contribution is -2.49. The van der Waals surface area contributed by atoms with Gasteiger partial charge in [0, 0.05) is 19.7 Å². The summed E-state index contributed by atoms with van der Waals surface area (Å²) in [5, 5.41) is 0. The highest BCUT2D eigenvalue weighted by molar-refractivity contribution is 5.50. The van der Waals surface area contributed by atoms with E-state index < -0.39 is 0 Å². The summed E-state index contributed by atoms with van der Waals surface area (Å²) >= 11 is 0. The zero-order valence-corrected chi connectivity index (χ0v) is 11.7. The van der Waals surface area contributed by atoms with E-state index in [9.17, 15) is 0 Å². The molecule has 1 saturated carbocycles. The highest BCUT2D eigenvalue weighted by Crippen LogP contribution is 2.32.